The van der Waals surface area contributed by atoms with Gasteiger partial charge in [-0.1, -0.05) is 0 Å². The second-order valence-corrected chi connectivity index (χ2v) is 2.57. The summed E-state index contributed by atoms with van der Waals surface area (Å²) in [6, 6.07) is 0. The Morgan fingerprint density at radius 3 is 2.38 bits per heavy atom. The summed E-state index contributed by atoms with van der Waals surface area (Å²) in [6.45, 7) is 0. The predicted molar refractivity (Wildman–Crippen MR) is 46.7 cm³/mol. The maximum absolute atomic E-state index is 10.6. The molecule has 8 heteroatoms. The summed E-state index contributed by atoms with van der Waals surface area (Å²) < 4.78 is 33.6. The van der Waals surface area contributed by atoms with Crippen molar-refractivity contribution in [2.45, 2.75) is 6.18 Å². The zero-order chi connectivity index (χ0) is 12.2. The Balaban J connectivity index is 0.000000168. The fourth-order valence-electron chi connectivity index (χ4n) is 0.771. The monoisotopic (exact) mass is 233 g/mol. The van der Waals surface area contributed by atoms with Crippen molar-refractivity contribution >= 4 is 11.6 Å². The van der Waals surface area contributed by atoms with Gasteiger partial charge in [0.1, 0.15) is 0 Å². The Morgan fingerprint density at radius 2 is 1.88 bits per heavy atom. The largest absolute Gasteiger partial charge is 0.490 e. The van der Waals surface area contributed by atoms with Crippen LogP contribution in [0.1, 0.15) is 0 Å². The molecule has 0 atom stereocenters. The van der Waals surface area contributed by atoms with Crippen molar-refractivity contribution in [1.29, 1.82) is 0 Å². The van der Waals surface area contributed by atoms with E-state index in [1.165, 1.54) is 0 Å². The van der Waals surface area contributed by atoms with Gasteiger partial charge in [-0.05, 0) is 0 Å². The van der Waals surface area contributed by atoms with E-state index in [1.807, 2.05) is 16.8 Å². The quantitative estimate of drug-likeness (QED) is 0.746. The van der Waals surface area contributed by atoms with Crippen LogP contribution < -0.4 is 0 Å². The first-order valence-electron chi connectivity index (χ1n) is 3.94. The molecule has 2 aromatic rings. The van der Waals surface area contributed by atoms with Gasteiger partial charge in [0.25, 0.3) is 0 Å². The van der Waals surface area contributed by atoms with Gasteiger partial charge in [0.2, 0.25) is 0 Å². The van der Waals surface area contributed by atoms with Crippen LogP contribution in [0.3, 0.4) is 0 Å². The number of hydrogen-bond acceptors (Lipinski definition) is 3. The lowest BCUT2D eigenvalue weighted by molar-refractivity contribution is -0.192. The van der Waals surface area contributed by atoms with Crippen molar-refractivity contribution in [3.8, 4) is 0 Å². The lowest BCUT2D eigenvalue weighted by atomic mass is 10.7. The summed E-state index contributed by atoms with van der Waals surface area (Å²) >= 11 is 0. The second-order valence-electron chi connectivity index (χ2n) is 2.57. The number of halogens is 3. The van der Waals surface area contributed by atoms with Crippen LogP contribution in [0.2, 0.25) is 0 Å². The van der Waals surface area contributed by atoms with E-state index in [-0.39, 0.29) is 0 Å². The van der Waals surface area contributed by atoms with E-state index in [2.05, 4.69) is 9.97 Å². The molecule has 1 N–H and O–H groups in total. The van der Waals surface area contributed by atoms with Crippen LogP contribution >= 0.6 is 0 Å². The molecule has 5 nitrogen and oxygen atoms in total. The normalized spacial score (nSPS) is 10.7. The highest BCUT2D eigenvalue weighted by Gasteiger charge is 2.38. The maximum atomic E-state index is 10.6. The number of rotatable bonds is 0. The summed E-state index contributed by atoms with van der Waals surface area (Å²) in [6.07, 6.45) is 3.87. The first-order valence-corrected chi connectivity index (χ1v) is 3.94. The Bertz CT molecular complexity index is 450. The molecule has 0 aliphatic rings. The number of nitrogens with zero attached hydrogens (tertiary/aromatic N) is 3. The minimum atomic E-state index is -5.08. The number of carboxylic acid groups (broad SMARTS) is 1. The topological polar surface area (TPSA) is 67.5 Å². The Hall–Kier alpha value is -2.12. The van der Waals surface area contributed by atoms with Crippen LogP contribution in [0.25, 0.3) is 5.65 Å². The number of hydrogen-bond donors (Lipinski definition) is 1. The van der Waals surface area contributed by atoms with E-state index in [1.54, 1.807) is 18.6 Å². The summed E-state index contributed by atoms with van der Waals surface area (Å²) in [5, 5.41) is 7.12. The highest BCUT2D eigenvalue weighted by Crippen LogP contribution is 2.13. The molecule has 0 saturated heterocycles. The highest BCUT2D eigenvalue weighted by atomic mass is 19.4. The molecule has 0 radical (unpaired) electrons. The van der Waals surface area contributed by atoms with Crippen LogP contribution in [-0.4, -0.2) is 31.6 Å². The number of alkyl halides is 3. The van der Waals surface area contributed by atoms with Crippen LogP contribution in [0.4, 0.5) is 13.2 Å². The molecule has 0 amide bonds. The number of aliphatic carboxylic acids is 1. The molecule has 2 heterocycles. The molecule has 0 spiro atoms. The van der Waals surface area contributed by atoms with Crippen molar-refractivity contribution in [3.05, 3.63) is 31.0 Å². The number of aromatic nitrogens is 3. The Kier molecular flexibility index (Phi) is 3.44. The third-order valence-corrected chi connectivity index (χ3v) is 1.44. The minimum absolute atomic E-state index is 0.887. The molecule has 0 unspecified atom stereocenters. The number of carbonyl (C=O) groups is 1. The third-order valence-electron chi connectivity index (χ3n) is 1.44. The Morgan fingerprint density at radius 1 is 1.31 bits per heavy atom. The van der Waals surface area contributed by atoms with Crippen molar-refractivity contribution in [2.24, 2.45) is 0 Å². The first-order chi connectivity index (χ1) is 7.41. The lowest BCUT2D eigenvalue weighted by Gasteiger charge is -1.93. The zero-order valence-electron chi connectivity index (χ0n) is 7.72. The van der Waals surface area contributed by atoms with Crippen molar-refractivity contribution in [3.63, 3.8) is 0 Å². The van der Waals surface area contributed by atoms with Crippen LogP contribution in [0.5, 0.6) is 0 Å². The molecular formula is C8H6F3N3O2. The molecule has 2 rings (SSSR count). The fraction of sp³-hybridized carbons (Fsp3) is 0.125. The smallest absolute Gasteiger partial charge is 0.475 e. The molecule has 0 aliphatic heterocycles. The van der Waals surface area contributed by atoms with Crippen LogP contribution in [-0.2, 0) is 4.79 Å². The van der Waals surface area contributed by atoms with E-state index in [4.69, 9.17) is 9.90 Å². The van der Waals surface area contributed by atoms with Gasteiger partial charge in [-0.2, -0.15) is 13.2 Å². The van der Waals surface area contributed by atoms with E-state index >= 15 is 0 Å². The van der Waals surface area contributed by atoms with E-state index < -0.39 is 12.1 Å². The van der Waals surface area contributed by atoms with Gasteiger partial charge >= 0.3 is 12.1 Å². The molecule has 0 aliphatic carbocycles. The van der Waals surface area contributed by atoms with Gasteiger partial charge in [-0.15, -0.1) is 0 Å². The third kappa shape index (κ3) is 3.23. The van der Waals surface area contributed by atoms with Crippen LogP contribution in [0.15, 0.2) is 31.0 Å². The van der Waals surface area contributed by atoms with Crippen molar-refractivity contribution in [2.75, 3.05) is 0 Å². The zero-order valence-corrected chi connectivity index (χ0v) is 7.72. The molecule has 0 bridgehead atoms. The van der Waals surface area contributed by atoms with E-state index in [9.17, 15) is 13.2 Å². The fourth-order valence-corrected chi connectivity index (χ4v) is 0.771. The lowest BCUT2D eigenvalue weighted by Crippen LogP contribution is -2.21. The average Bonchev–Trinajstić information content (AvgIpc) is 2.64. The summed E-state index contributed by atoms with van der Waals surface area (Å²) in [4.78, 5) is 16.8. The molecule has 2 aromatic heterocycles. The SMILES string of the molecule is O=C(O)C(F)(F)F.c1cn2ccnc2cn1. The number of fused-ring (bicyclic) bond motifs is 1. The van der Waals surface area contributed by atoms with Gasteiger partial charge < -0.3 is 9.51 Å². The molecule has 0 aromatic carbocycles. The summed E-state index contributed by atoms with van der Waals surface area (Å²) in [5.41, 5.74) is 0.887. The van der Waals surface area contributed by atoms with Gasteiger partial charge in [0.15, 0.2) is 5.65 Å². The summed E-state index contributed by atoms with van der Waals surface area (Å²) in [5.74, 6) is -2.76. The first kappa shape index (κ1) is 12.0. The second kappa shape index (κ2) is 4.60. The minimum Gasteiger partial charge on any atom is -0.475 e. The van der Waals surface area contributed by atoms with Crippen molar-refractivity contribution in [1.82, 2.24) is 14.4 Å². The number of carboxylic acids is 1. The van der Waals surface area contributed by atoms with Gasteiger partial charge in [-0.25, -0.2) is 9.78 Å². The van der Waals surface area contributed by atoms with Gasteiger partial charge in [-0.3, -0.25) is 4.98 Å². The Labute approximate surface area is 87.2 Å². The molecule has 0 saturated carbocycles. The van der Waals surface area contributed by atoms with Gasteiger partial charge in [0.05, 0.1) is 6.20 Å². The molecule has 16 heavy (non-hydrogen) atoms. The molecule has 0 fully saturated rings. The van der Waals surface area contributed by atoms with Crippen molar-refractivity contribution < 1.29 is 23.1 Å². The average molecular weight is 233 g/mol. The number of imidazole rings is 1. The van der Waals surface area contributed by atoms with E-state index in [0.29, 0.717) is 0 Å². The van der Waals surface area contributed by atoms with E-state index in [0.717, 1.165) is 5.65 Å². The molecule has 86 valence electrons. The summed E-state index contributed by atoms with van der Waals surface area (Å²) in [7, 11) is 0. The standard InChI is InChI=1S/C6H5N3.C2HF3O2/c1-3-9-4-2-8-6(9)5-7-1;3-2(4,5)1(6)7/h1-5H;(H,6,7). The maximum Gasteiger partial charge on any atom is 0.490 e. The van der Waals surface area contributed by atoms with Crippen LogP contribution in [0, 0.1) is 0 Å². The molecular weight excluding hydrogens is 227 g/mol. The highest BCUT2D eigenvalue weighted by molar-refractivity contribution is 5.73. The predicted octanol–water partition coefficient (Wildman–Crippen LogP) is 1.36. The van der Waals surface area contributed by atoms with Gasteiger partial charge in [0, 0.05) is 24.8 Å².